The summed E-state index contributed by atoms with van der Waals surface area (Å²) in [5, 5.41) is 0.489. The van der Waals surface area contributed by atoms with Crippen molar-refractivity contribution in [3.05, 3.63) is 46.6 Å². The third-order valence-corrected chi connectivity index (χ3v) is 7.20. The lowest BCUT2D eigenvalue weighted by atomic mass is 10.1. The molecular formula is C33H47NO6. The van der Waals surface area contributed by atoms with Crippen LogP contribution in [0, 0.1) is 0 Å². The molecule has 0 saturated heterocycles. The molecule has 0 spiro atoms. The Bertz CT molecular complexity index is 1200. The lowest BCUT2D eigenvalue weighted by Crippen LogP contribution is -2.27. The number of unbranched alkanes of at least 4 members (excludes halogenated alkanes) is 6. The van der Waals surface area contributed by atoms with E-state index in [-0.39, 0.29) is 11.2 Å². The van der Waals surface area contributed by atoms with Crippen LogP contribution in [0.25, 0.3) is 22.3 Å². The van der Waals surface area contributed by atoms with Crippen molar-refractivity contribution >= 4 is 11.0 Å². The fourth-order valence-corrected chi connectivity index (χ4v) is 4.95. The maximum absolute atomic E-state index is 13.5. The lowest BCUT2D eigenvalue weighted by molar-refractivity contribution is 0.248. The van der Waals surface area contributed by atoms with E-state index < -0.39 is 0 Å². The first-order valence-corrected chi connectivity index (χ1v) is 14.8. The van der Waals surface area contributed by atoms with Crippen LogP contribution in [0.2, 0.25) is 0 Å². The topological polar surface area (TPSA) is 70.4 Å². The average molecular weight is 554 g/mol. The van der Waals surface area contributed by atoms with Crippen molar-refractivity contribution in [3.8, 4) is 34.3 Å². The molecule has 2 aromatic carbocycles. The predicted molar refractivity (Wildman–Crippen MR) is 162 cm³/mol. The SMILES string of the molecule is CCCCCN(CCCCC)CCCCCOc1c(-c2cc(OC)c(OC)c(OC)c2)oc2ccccc2c1=O. The van der Waals surface area contributed by atoms with Crippen LogP contribution >= 0.6 is 0 Å². The summed E-state index contributed by atoms with van der Waals surface area (Å²) in [6, 6.07) is 10.8. The van der Waals surface area contributed by atoms with E-state index in [1.54, 1.807) is 45.6 Å². The van der Waals surface area contributed by atoms with E-state index in [2.05, 4.69) is 18.7 Å². The number of methoxy groups -OCH3 is 3. The van der Waals surface area contributed by atoms with E-state index in [0.717, 1.165) is 25.8 Å². The molecule has 0 bridgehead atoms. The number of hydrogen-bond acceptors (Lipinski definition) is 7. The Labute approximate surface area is 239 Å². The summed E-state index contributed by atoms with van der Waals surface area (Å²) >= 11 is 0. The second-order valence-corrected chi connectivity index (χ2v) is 10.2. The number of ether oxygens (including phenoxy) is 4. The van der Waals surface area contributed by atoms with Gasteiger partial charge in [0, 0.05) is 5.56 Å². The standard InChI is InChI=1S/C33H47NO6/c1-6-8-13-19-34(20-14-9-7-2)21-15-10-16-22-39-33-30(35)26-17-11-12-18-27(26)40-31(33)25-23-28(36-3)32(38-5)29(24-25)37-4/h11-12,17-18,23-24H,6-10,13-16,19-22H2,1-5H3. The first-order chi connectivity index (χ1) is 19.6. The van der Waals surface area contributed by atoms with Gasteiger partial charge in [-0.25, -0.2) is 0 Å². The zero-order valence-corrected chi connectivity index (χ0v) is 25.1. The van der Waals surface area contributed by atoms with Crippen molar-refractivity contribution in [1.29, 1.82) is 0 Å². The van der Waals surface area contributed by atoms with Gasteiger partial charge in [-0.2, -0.15) is 0 Å². The molecule has 0 fully saturated rings. The lowest BCUT2D eigenvalue weighted by Gasteiger charge is -2.22. The molecule has 3 aromatic rings. The molecular weight excluding hydrogens is 506 g/mol. The molecule has 220 valence electrons. The van der Waals surface area contributed by atoms with E-state index in [1.807, 2.05) is 12.1 Å². The van der Waals surface area contributed by atoms with Gasteiger partial charge >= 0.3 is 0 Å². The third-order valence-electron chi connectivity index (χ3n) is 7.20. The van der Waals surface area contributed by atoms with E-state index in [0.29, 0.717) is 46.1 Å². The largest absolute Gasteiger partial charge is 0.493 e. The van der Waals surface area contributed by atoms with Crippen molar-refractivity contribution in [1.82, 2.24) is 4.90 Å². The Hall–Kier alpha value is -3.19. The molecule has 3 rings (SSSR count). The van der Waals surface area contributed by atoms with Crippen LogP contribution in [0.4, 0.5) is 0 Å². The molecule has 0 amide bonds. The molecule has 7 nitrogen and oxygen atoms in total. The van der Waals surface area contributed by atoms with Crippen molar-refractivity contribution in [2.24, 2.45) is 0 Å². The molecule has 0 saturated carbocycles. The fraction of sp³-hybridized carbons (Fsp3) is 0.545. The number of fused-ring (bicyclic) bond motifs is 1. The van der Waals surface area contributed by atoms with Gasteiger partial charge in [-0.1, -0.05) is 51.7 Å². The highest BCUT2D eigenvalue weighted by Crippen LogP contribution is 2.43. The predicted octanol–water partition coefficient (Wildman–Crippen LogP) is 7.72. The Kier molecular flexibility index (Phi) is 13.2. The number of nitrogens with zero attached hydrogens (tertiary/aromatic N) is 1. The Morgan fingerprint density at radius 3 is 1.90 bits per heavy atom. The molecule has 0 aliphatic heterocycles. The fourth-order valence-electron chi connectivity index (χ4n) is 4.95. The zero-order valence-electron chi connectivity index (χ0n) is 25.1. The van der Waals surface area contributed by atoms with Gasteiger partial charge in [0.15, 0.2) is 17.3 Å². The molecule has 0 atom stereocenters. The van der Waals surface area contributed by atoms with Gasteiger partial charge < -0.3 is 28.3 Å². The second-order valence-electron chi connectivity index (χ2n) is 10.2. The smallest absolute Gasteiger partial charge is 0.235 e. The van der Waals surface area contributed by atoms with Crippen LogP contribution in [0.3, 0.4) is 0 Å². The number of hydrogen-bond donors (Lipinski definition) is 0. The van der Waals surface area contributed by atoms with Crippen molar-refractivity contribution in [2.75, 3.05) is 47.6 Å². The van der Waals surface area contributed by atoms with Crippen LogP contribution < -0.4 is 24.4 Å². The van der Waals surface area contributed by atoms with Gasteiger partial charge in [0.25, 0.3) is 0 Å². The number of para-hydroxylation sites is 1. The molecule has 0 unspecified atom stereocenters. The summed E-state index contributed by atoms with van der Waals surface area (Å²) in [6.45, 7) is 8.43. The van der Waals surface area contributed by atoms with Crippen LogP contribution in [-0.2, 0) is 0 Å². The van der Waals surface area contributed by atoms with E-state index in [9.17, 15) is 4.79 Å². The molecule has 1 aromatic heterocycles. The molecule has 40 heavy (non-hydrogen) atoms. The maximum atomic E-state index is 13.5. The summed E-state index contributed by atoms with van der Waals surface area (Å²) in [6.07, 6.45) is 10.6. The molecule has 0 aliphatic rings. The number of rotatable bonds is 19. The highest BCUT2D eigenvalue weighted by atomic mass is 16.5. The van der Waals surface area contributed by atoms with E-state index >= 15 is 0 Å². The van der Waals surface area contributed by atoms with Crippen LogP contribution in [0.15, 0.2) is 45.6 Å². The summed E-state index contributed by atoms with van der Waals surface area (Å²) in [4.78, 5) is 16.2. The van der Waals surface area contributed by atoms with Crippen molar-refractivity contribution in [2.45, 2.75) is 71.6 Å². The number of benzene rings is 2. The van der Waals surface area contributed by atoms with Crippen LogP contribution in [0.5, 0.6) is 23.0 Å². The summed E-state index contributed by atoms with van der Waals surface area (Å²) < 4.78 is 29.0. The third kappa shape index (κ3) is 8.40. The molecule has 7 heteroatoms. The molecule has 0 aliphatic carbocycles. The van der Waals surface area contributed by atoms with Crippen LogP contribution in [-0.4, -0.2) is 52.5 Å². The minimum absolute atomic E-state index is 0.191. The van der Waals surface area contributed by atoms with Gasteiger partial charge in [-0.15, -0.1) is 0 Å². The normalized spacial score (nSPS) is 11.2. The van der Waals surface area contributed by atoms with E-state index in [4.69, 9.17) is 23.4 Å². The van der Waals surface area contributed by atoms with Gasteiger partial charge in [0.1, 0.15) is 5.58 Å². The first kappa shape index (κ1) is 31.3. The van der Waals surface area contributed by atoms with Crippen molar-refractivity contribution in [3.63, 3.8) is 0 Å². The Balaban J connectivity index is 1.74. The summed E-state index contributed by atoms with van der Waals surface area (Å²) in [5.41, 5.74) is 0.917. The monoisotopic (exact) mass is 553 g/mol. The maximum Gasteiger partial charge on any atom is 0.235 e. The zero-order chi connectivity index (χ0) is 28.7. The molecule has 0 N–H and O–H groups in total. The second kappa shape index (κ2) is 16.8. The van der Waals surface area contributed by atoms with Crippen LogP contribution in [0.1, 0.15) is 71.6 Å². The van der Waals surface area contributed by atoms with Gasteiger partial charge in [0.2, 0.25) is 16.9 Å². The Morgan fingerprint density at radius 2 is 1.32 bits per heavy atom. The van der Waals surface area contributed by atoms with Gasteiger partial charge in [-0.05, 0) is 76.0 Å². The summed E-state index contributed by atoms with van der Waals surface area (Å²) in [5.74, 6) is 1.97. The highest BCUT2D eigenvalue weighted by molar-refractivity contribution is 5.82. The minimum atomic E-state index is -0.191. The Morgan fingerprint density at radius 1 is 0.725 bits per heavy atom. The van der Waals surface area contributed by atoms with Crippen molar-refractivity contribution < 1.29 is 23.4 Å². The summed E-state index contributed by atoms with van der Waals surface area (Å²) in [7, 11) is 4.67. The molecule has 0 radical (unpaired) electrons. The van der Waals surface area contributed by atoms with E-state index in [1.165, 1.54) is 51.6 Å². The molecule has 1 heterocycles. The highest BCUT2D eigenvalue weighted by Gasteiger charge is 2.22. The quantitative estimate of drug-likeness (QED) is 0.141. The average Bonchev–Trinajstić information content (AvgIpc) is 2.98. The minimum Gasteiger partial charge on any atom is -0.493 e. The van der Waals surface area contributed by atoms with Gasteiger partial charge in [-0.3, -0.25) is 4.79 Å². The first-order valence-electron chi connectivity index (χ1n) is 14.8. The van der Waals surface area contributed by atoms with Gasteiger partial charge in [0.05, 0.1) is 33.3 Å².